The second-order valence-corrected chi connectivity index (χ2v) is 8.69. The maximum atomic E-state index is 10.1. The van der Waals surface area contributed by atoms with Gasteiger partial charge in [0.25, 0.3) is 0 Å². The van der Waals surface area contributed by atoms with Crippen LogP contribution in [0.4, 0.5) is 11.5 Å². The molecule has 0 amide bonds. The van der Waals surface area contributed by atoms with E-state index in [-0.39, 0.29) is 6.10 Å². The van der Waals surface area contributed by atoms with Crippen LogP contribution in [0.1, 0.15) is 24.8 Å². The zero-order valence-corrected chi connectivity index (χ0v) is 19.1. The van der Waals surface area contributed by atoms with E-state index in [0.29, 0.717) is 17.3 Å². The van der Waals surface area contributed by atoms with E-state index in [0.717, 1.165) is 52.8 Å². The Morgan fingerprint density at radius 3 is 2.77 bits per heavy atom. The molecule has 0 spiro atoms. The minimum atomic E-state index is -0.419. The molecule has 9 heteroatoms. The van der Waals surface area contributed by atoms with E-state index in [9.17, 15) is 5.11 Å². The van der Waals surface area contributed by atoms with E-state index in [1.165, 1.54) is 12.7 Å². The first-order valence-corrected chi connectivity index (χ1v) is 11.6. The molecule has 2 aromatic carbocycles. The molecule has 0 aliphatic heterocycles. The summed E-state index contributed by atoms with van der Waals surface area (Å²) in [6.07, 6.45) is 6.88. The van der Waals surface area contributed by atoms with Crippen LogP contribution in [0.2, 0.25) is 0 Å². The van der Waals surface area contributed by atoms with Crippen LogP contribution in [-0.4, -0.2) is 41.9 Å². The summed E-state index contributed by atoms with van der Waals surface area (Å²) in [7, 11) is 0. The van der Waals surface area contributed by atoms with Gasteiger partial charge in [-0.2, -0.15) is 5.10 Å². The number of aryl methyl sites for hydroxylation is 1. The lowest BCUT2D eigenvalue weighted by molar-refractivity contribution is 0.0605. The summed E-state index contributed by atoms with van der Waals surface area (Å²) in [5, 5.41) is 18.5. The Balaban J connectivity index is 1.23. The number of rotatable bonds is 6. The maximum absolute atomic E-state index is 10.1. The first kappa shape index (κ1) is 21.3. The largest absolute Gasteiger partial charge is 0.488 e. The molecule has 0 bridgehead atoms. The number of fused-ring (bicyclic) bond motifs is 2. The lowest BCUT2D eigenvalue weighted by atomic mass is 10.1. The number of nitrogens with zero attached hydrogens (tertiary/aromatic N) is 5. The molecule has 35 heavy (non-hydrogen) atoms. The van der Waals surface area contributed by atoms with Crippen LogP contribution >= 0.6 is 0 Å². The van der Waals surface area contributed by atoms with Crippen molar-refractivity contribution in [2.75, 3.05) is 5.32 Å². The third-order valence-electron chi connectivity index (χ3n) is 6.23. The molecule has 1 aliphatic rings. The summed E-state index contributed by atoms with van der Waals surface area (Å²) in [6, 6.07) is 15.3. The molecule has 0 saturated heterocycles. The van der Waals surface area contributed by atoms with Crippen molar-refractivity contribution in [2.45, 2.75) is 38.4 Å². The summed E-state index contributed by atoms with van der Waals surface area (Å²) in [4.78, 5) is 13.0. The molecule has 9 nitrogen and oxygen atoms in total. The molecular weight excluding hydrogens is 444 g/mol. The van der Waals surface area contributed by atoms with Gasteiger partial charge < -0.3 is 19.9 Å². The Bertz CT molecular complexity index is 1520. The summed E-state index contributed by atoms with van der Waals surface area (Å²) in [6.45, 7) is 1.99. The monoisotopic (exact) mass is 468 g/mol. The number of hydrogen-bond acceptors (Lipinski definition) is 8. The maximum Gasteiger partial charge on any atom is 0.158 e. The lowest BCUT2D eigenvalue weighted by Crippen LogP contribution is -2.25. The Morgan fingerprint density at radius 1 is 0.971 bits per heavy atom. The number of anilines is 2. The number of aliphatic hydroxyl groups excluding tert-OH is 1. The van der Waals surface area contributed by atoms with Crippen LogP contribution in [0, 0.1) is 6.92 Å². The Morgan fingerprint density at radius 2 is 1.91 bits per heavy atom. The molecule has 5 aromatic rings. The first-order chi connectivity index (χ1) is 17.1. The Labute approximate surface area is 201 Å². The van der Waals surface area contributed by atoms with E-state index >= 15 is 0 Å². The highest BCUT2D eigenvalue weighted by atomic mass is 16.5. The number of aliphatic hydroxyl groups is 1. The number of hydrogen-bond donors (Lipinski definition) is 2. The van der Waals surface area contributed by atoms with Gasteiger partial charge in [0.1, 0.15) is 41.8 Å². The zero-order chi connectivity index (χ0) is 23.8. The second kappa shape index (κ2) is 8.84. The number of benzene rings is 2. The lowest BCUT2D eigenvalue weighted by Gasteiger charge is -2.18. The van der Waals surface area contributed by atoms with Crippen molar-refractivity contribution in [1.29, 1.82) is 0 Å². The fourth-order valence-electron chi connectivity index (χ4n) is 4.39. The minimum Gasteiger partial charge on any atom is -0.488 e. The van der Waals surface area contributed by atoms with Gasteiger partial charge in [0, 0.05) is 23.3 Å². The van der Waals surface area contributed by atoms with Gasteiger partial charge in [-0.1, -0.05) is 0 Å². The van der Waals surface area contributed by atoms with Crippen LogP contribution in [-0.2, 0) is 0 Å². The van der Waals surface area contributed by atoms with Gasteiger partial charge >= 0.3 is 0 Å². The van der Waals surface area contributed by atoms with Crippen LogP contribution in [0.25, 0.3) is 16.6 Å². The number of nitrogens with one attached hydrogen (secondary N) is 1. The van der Waals surface area contributed by atoms with E-state index < -0.39 is 6.10 Å². The molecule has 2 N–H and O–H groups in total. The smallest absolute Gasteiger partial charge is 0.158 e. The molecule has 1 fully saturated rings. The third-order valence-corrected chi connectivity index (χ3v) is 6.23. The topological polar surface area (TPSA) is 107 Å². The first-order valence-electron chi connectivity index (χ1n) is 11.6. The second-order valence-electron chi connectivity index (χ2n) is 8.69. The molecule has 1 saturated carbocycles. The third kappa shape index (κ3) is 4.33. The quantitative estimate of drug-likeness (QED) is 0.366. The number of aromatic nitrogens is 5. The van der Waals surface area contributed by atoms with Crippen molar-refractivity contribution in [3.63, 3.8) is 0 Å². The van der Waals surface area contributed by atoms with Crippen molar-refractivity contribution in [1.82, 2.24) is 24.6 Å². The van der Waals surface area contributed by atoms with Crippen molar-refractivity contribution < 1.29 is 14.6 Å². The highest BCUT2D eigenvalue weighted by Crippen LogP contribution is 2.32. The SMILES string of the molecule is Cc1cc(Nc2ncnc3ccc(OC4CCCC4O)cc23)ccc1Oc1ccn2ncnc2c1. The fourth-order valence-corrected chi connectivity index (χ4v) is 4.39. The van der Waals surface area contributed by atoms with Crippen molar-refractivity contribution >= 4 is 28.1 Å². The molecule has 2 atom stereocenters. The van der Waals surface area contributed by atoms with Crippen molar-refractivity contribution in [3.05, 3.63) is 72.9 Å². The average molecular weight is 469 g/mol. The molecule has 3 heterocycles. The molecular formula is C26H24N6O3. The number of pyridine rings is 1. The average Bonchev–Trinajstić information content (AvgIpc) is 3.49. The summed E-state index contributed by atoms with van der Waals surface area (Å²) in [5.41, 5.74) is 3.37. The van der Waals surface area contributed by atoms with Gasteiger partial charge in [0.2, 0.25) is 0 Å². The van der Waals surface area contributed by atoms with Gasteiger partial charge in [-0.3, -0.25) is 0 Å². The summed E-state index contributed by atoms with van der Waals surface area (Å²) >= 11 is 0. The van der Waals surface area contributed by atoms with Gasteiger partial charge in [-0.25, -0.2) is 19.5 Å². The normalized spacial score (nSPS) is 17.7. The predicted molar refractivity (Wildman–Crippen MR) is 131 cm³/mol. The van der Waals surface area contributed by atoms with Crippen LogP contribution in [0.3, 0.4) is 0 Å². The molecule has 6 rings (SSSR count). The Hall–Kier alpha value is -4.24. The van der Waals surface area contributed by atoms with Gasteiger partial charge in [-0.15, -0.1) is 0 Å². The van der Waals surface area contributed by atoms with E-state index in [1.807, 2.05) is 61.7 Å². The zero-order valence-electron chi connectivity index (χ0n) is 19.1. The van der Waals surface area contributed by atoms with Crippen molar-refractivity contribution in [3.8, 4) is 17.2 Å². The molecule has 1 aliphatic carbocycles. The highest BCUT2D eigenvalue weighted by Gasteiger charge is 2.27. The molecule has 0 radical (unpaired) electrons. The van der Waals surface area contributed by atoms with E-state index in [1.54, 1.807) is 4.52 Å². The summed E-state index contributed by atoms with van der Waals surface area (Å²) < 4.78 is 13.8. The summed E-state index contributed by atoms with van der Waals surface area (Å²) in [5.74, 6) is 2.82. The molecule has 176 valence electrons. The van der Waals surface area contributed by atoms with Crippen LogP contribution in [0.5, 0.6) is 17.2 Å². The van der Waals surface area contributed by atoms with E-state index in [2.05, 4.69) is 25.4 Å². The van der Waals surface area contributed by atoms with Crippen molar-refractivity contribution in [2.24, 2.45) is 0 Å². The van der Waals surface area contributed by atoms with Crippen LogP contribution in [0.15, 0.2) is 67.4 Å². The van der Waals surface area contributed by atoms with Gasteiger partial charge in [0.05, 0.1) is 11.6 Å². The highest BCUT2D eigenvalue weighted by molar-refractivity contribution is 5.91. The standard InChI is InChI=1S/C26H24N6O3/c1-16-11-17(5-8-23(16)34-19-9-10-32-25(13-19)28-15-30-32)31-26-20-12-18(6-7-21(20)27-14-29-26)35-24-4-2-3-22(24)33/h5-15,22,24,33H,2-4H2,1H3,(H,27,29,31). The van der Waals surface area contributed by atoms with E-state index in [4.69, 9.17) is 9.47 Å². The van der Waals surface area contributed by atoms with Crippen LogP contribution < -0.4 is 14.8 Å². The molecule has 3 aromatic heterocycles. The fraction of sp³-hybridized carbons (Fsp3) is 0.231. The van der Waals surface area contributed by atoms with Gasteiger partial charge in [-0.05, 0) is 74.2 Å². The Kier molecular flexibility index (Phi) is 5.38. The predicted octanol–water partition coefficient (Wildman–Crippen LogP) is 4.81. The molecule has 2 unspecified atom stereocenters. The minimum absolute atomic E-state index is 0.172. The number of ether oxygens (including phenoxy) is 2. The van der Waals surface area contributed by atoms with Gasteiger partial charge in [0.15, 0.2) is 5.65 Å².